The van der Waals surface area contributed by atoms with Gasteiger partial charge in [0, 0.05) is 6.08 Å². The lowest BCUT2D eigenvalue weighted by Gasteiger charge is -1.95. The van der Waals surface area contributed by atoms with E-state index in [-0.39, 0.29) is 12.4 Å². The second-order valence-corrected chi connectivity index (χ2v) is 1.30. The molecule has 0 atom stereocenters. The smallest absolute Gasteiger partial charge is 0.184 e. The summed E-state index contributed by atoms with van der Waals surface area (Å²) in [5.74, 6) is -0.137. The van der Waals surface area contributed by atoms with E-state index < -0.39 is 0 Å². The van der Waals surface area contributed by atoms with Gasteiger partial charge in [-0.3, -0.25) is 14.4 Å². The molecule has 4 heteroatoms. The molecule has 10 heavy (non-hydrogen) atoms. The molecule has 0 amide bonds. The molecule has 0 heterocycles. The maximum atomic E-state index is 9.93. The number of hydrogen-bond acceptors (Lipinski definition) is 4. The molecule has 0 saturated heterocycles. The van der Waals surface area contributed by atoms with Crippen LogP contribution in [0.4, 0.5) is 0 Å². The summed E-state index contributed by atoms with van der Waals surface area (Å²) in [6.45, 7) is -0.210. The SMILES string of the molecule is O=C/C=C(/C=O)OCC=O. The molecule has 0 aromatic heterocycles. The second-order valence-electron chi connectivity index (χ2n) is 1.30. The predicted molar refractivity (Wildman–Crippen MR) is 32.2 cm³/mol. The van der Waals surface area contributed by atoms with Crippen molar-refractivity contribution in [3.05, 3.63) is 11.8 Å². The molecule has 0 aromatic carbocycles. The third kappa shape index (κ3) is 3.54. The van der Waals surface area contributed by atoms with Crippen molar-refractivity contribution >= 4 is 18.9 Å². The Morgan fingerprint density at radius 1 is 1.30 bits per heavy atom. The maximum absolute atomic E-state index is 9.93. The van der Waals surface area contributed by atoms with Crippen molar-refractivity contribution in [2.24, 2.45) is 0 Å². The summed E-state index contributed by atoms with van der Waals surface area (Å²) in [6, 6.07) is 0. The summed E-state index contributed by atoms with van der Waals surface area (Å²) in [5, 5.41) is 0. The average Bonchev–Trinajstić information content (AvgIpc) is 1.98. The highest BCUT2D eigenvalue weighted by molar-refractivity contribution is 5.79. The molecule has 54 valence electrons. The first-order valence-electron chi connectivity index (χ1n) is 2.52. The number of aldehydes is 3. The minimum absolute atomic E-state index is 0.137. The highest BCUT2D eigenvalue weighted by atomic mass is 16.5. The lowest BCUT2D eigenvalue weighted by atomic mass is 10.5. The number of rotatable bonds is 5. The van der Waals surface area contributed by atoms with Crippen molar-refractivity contribution in [1.29, 1.82) is 0 Å². The molecule has 0 saturated carbocycles. The molecule has 0 spiro atoms. The maximum Gasteiger partial charge on any atom is 0.184 e. The Balaban J connectivity index is 3.81. The van der Waals surface area contributed by atoms with E-state index in [1.165, 1.54) is 0 Å². The fourth-order valence-electron chi connectivity index (χ4n) is 0.319. The van der Waals surface area contributed by atoms with Gasteiger partial charge >= 0.3 is 0 Å². The number of ether oxygens (including phenoxy) is 1. The highest BCUT2D eigenvalue weighted by Gasteiger charge is 1.91. The van der Waals surface area contributed by atoms with Crippen LogP contribution in [-0.2, 0) is 19.1 Å². The van der Waals surface area contributed by atoms with Gasteiger partial charge in [-0.1, -0.05) is 0 Å². The molecule has 0 fully saturated rings. The number of allylic oxidation sites excluding steroid dienone is 2. The molecular weight excluding hydrogens is 136 g/mol. The van der Waals surface area contributed by atoms with Crippen molar-refractivity contribution in [1.82, 2.24) is 0 Å². The molecule has 0 aliphatic heterocycles. The average molecular weight is 142 g/mol. The summed E-state index contributed by atoms with van der Waals surface area (Å²) < 4.78 is 4.47. The van der Waals surface area contributed by atoms with Gasteiger partial charge in [-0.25, -0.2) is 0 Å². The first-order valence-corrected chi connectivity index (χ1v) is 2.52. The van der Waals surface area contributed by atoms with Crippen LogP contribution < -0.4 is 0 Å². The van der Waals surface area contributed by atoms with Crippen LogP contribution in [0, 0.1) is 0 Å². The van der Waals surface area contributed by atoms with E-state index in [9.17, 15) is 14.4 Å². The Kier molecular flexibility index (Phi) is 4.86. The van der Waals surface area contributed by atoms with Crippen molar-refractivity contribution in [3.63, 3.8) is 0 Å². The first-order chi connectivity index (χ1) is 4.85. The van der Waals surface area contributed by atoms with Gasteiger partial charge in [0.1, 0.15) is 12.9 Å². The predicted octanol–water partition coefficient (Wildman–Crippen LogP) is -0.516. The molecular formula is C6H6O4. The fourth-order valence-corrected chi connectivity index (χ4v) is 0.319. The van der Waals surface area contributed by atoms with E-state index in [0.29, 0.717) is 18.9 Å². The van der Waals surface area contributed by atoms with Gasteiger partial charge in [0.05, 0.1) is 0 Å². The van der Waals surface area contributed by atoms with E-state index in [1.807, 2.05) is 0 Å². The van der Waals surface area contributed by atoms with Gasteiger partial charge in [0.2, 0.25) is 0 Å². The molecule has 0 radical (unpaired) electrons. The zero-order chi connectivity index (χ0) is 7.82. The normalized spacial score (nSPS) is 10.2. The van der Waals surface area contributed by atoms with E-state index in [0.717, 1.165) is 6.08 Å². The highest BCUT2D eigenvalue weighted by Crippen LogP contribution is 1.88. The summed E-state index contributed by atoms with van der Waals surface area (Å²) in [7, 11) is 0. The summed E-state index contributed by atoms with van der Waals surface area (Å²) in [4.78, 5) is 29.3. The van der Waals surface area contributed by atoms with Gasteiger partial charge in [-0.2, -0.15) is 0 Å². The lowest BCUT2D eigenvalue weighted by Crippen LogP contribution is -1.96. The zero-order valence-corrected chi connectivity index (χ0v) is 5.15. The second kappa shape index (κ2) is 5.68. The summed E-state index contributed by atoms with van der Waals surface area (Å²) >= 11 is 0. The van der Waals surface area contributed by atoms with Crippen molar-refractivity contribution < 1.29 is 19.1 Å². The fraction of sp³-hybridized carbons (Fsp3) is 0.167. The number of carbonyl (C=O) groups excluding carboxylic acids is 3. The van der Waals surface area contributed by atoms with Crippen LogP contribution in [0.2, 0.25) is 0 Å². The Labute approximate surface area is 57.5 Å². The molecule has 0 unspecified atom stereocenters. The van der Waals surface area contributed by atoms with Crippen molar-refractivity contribution in [3.8, 4) is 0 Å². The third-order valence-corrected chi connectivity index (χ3v) is 0.667. The Morgan fingerprint density at radius 3 is 2.40 bits per heavy atom. The van der Waals surface area contributed by atoms with Crippen molar-refractivity contribution in [2.75, 3.05) is 6.61 Å². The number of carbonyl (C=O) groups is 3. The van der Waals surface area contributed by atoms with Crippen LogP contribution in [0.25, 0.3) is 0 Å². The van der Waals surface area contributed by atoms with Gasteiger partial charge in [0.15, 0.2) is 18.3 Å². The quantitative estimate of drug-likeness (QED) is 0.294. The Morgan fingerprint density at radius 2 is 2.00 bits per heavy atom. The molecule has 0 bridgehead atoms. The monoisotopic (exact) mass is 142 g/mol. The third-order valence-electron chi connectivity index (χ3n) is 0.667. The minimum Gasteiger partial charge on any atom is -0.483 e. The topological polar surface area (TPSA) is 60.4 Å². The Bertz CT molecular complexity index is 159. The van der Waals surface area contributed by atoms with E-state index in [2.05, 4.69) is 4.74 Å². The van der Waals surface area contributed by atoms with Crippen LogP contribution >= 0.6 is 0 Å². The first kappa shape index (κ1) is 8.55. The molecule has 0 rings (SSSR count). The van der Waals surface area contributed by atoms with Crippen LogP contribution in [0.1, 0.15) is 0 Å². The molecule has 0 N–H and O–H groups in total. The number of hydrogen-bond donors (Lipinski definition) is 0. The summed E-state index contributed by atoms with van der Waals surface area (Å²) in [5.41, 5.74) is 0. The Hall–Kier alpha value is -1.45. The zero-order valence-electron chi connectivity index (χ0n) is 5.15. The molecule has 0 aliphatic rings. The van der Waals surface area contributed by atoms with Crippen LogP contribution in [0.3, 0.4) is 0 Å². The molecule has 0 aliphatic carbocycles. The van der Waals surface area contributed by atoms with Crippen LogP contribution in [0.15, 0.2) is 11.8 Å². The molecule has 0 aromatic rings. The van der Waals surface area contributed by atoms with Crippen molar-refractivity contribution in [2.45, 2.75) is 0 Å². The van der Waals surface area contributed by atoms with Crippen LogP contribution in [-0.4, -0.2) is 25.5 Å². The summed E-state index contributed by atoms with van der Waals surface area (Å²) in [6.07, 6.45) is 2.20. The van der Waals surface area contributed by atoms with E-state index in [1.54, 1.807) is 0 Å². The van der Waals surface area contributed by atoms with Gasteiger partial charge in [-0.05, 0) is 0 Å². The standard InChI is InChI=1S/C6H6O4/c7-2-1-6(5-9)10-4-3-8/h1-3,5H,4H2/b6-1-. The van der Waals surface area contributed by atoms with Gasteiger partial charge < -0.3 is 4.74 Å². The largest absolute Gasteiger partial charge is 0.483 e. The van der Waals surface area contributed by atoms with E-state index in [4.69, 9.17) is 0 Å². The van der Waals surface area contributed by atoms with Gasteiger partial charge in [-0.15, -0.1) is 0 Å². The lowest BCUT2D eigenvalue weighted by molar-refractivity contribution is -0.113. The minimum atomic E-state index is -0.210. The van der Waals surface area contributed by atoms with Gasteiger partial charge in [0.25, 0.3) is 0 Å². The van der Waals surface area contributed by atoms with Crippen LogP contribution in [0.5, 0.6) is 0 Å². The molecule has 4 nitrogen and oxygen atoms in total. The van der Waals surface area contributed by atoms with E-state index >= 15 is 0 Å².